The summed E-state index contributed by atoms with van der Waals surface area (Å²) >= 11 is 1.80. The van der Waals surface area contributed by atoms with E-state index in [0.717, 1.165) is 10.7 Å². The summed E-state index contributed by atoms with van der Waals surface area (Å²) in [7, 11) is 0. The molecular formula is C10H7F4IN2O. The smallest absolute Gasteiger partial charge is 0.382 e. The molecule has 1 aromatic carbocycles. The number of rotatable bonds is 2. The molecule has 0 saturated carbocycles. The van der Waals surface area contributed by atoms with Crippen LogP contribution in [0.4, 0.5) is 17.6 Å². The summed E-state index contributed by atoms with van der Waals surface area (Å²) in [4.78, 5) is 0. The Morgan fingerprint density at radius 3 is 2.67 bits per heavy atom. The van der Waals surface area contributed by atoms with Gasteiger partial charge in [-0.1, -0.05) is 0 Å². The Morgan fingerprint density at radius 2 is 2.06 bits per heavy atom. The van der Waals surface area contributed by atoms with Crippen molar-refractivity contribution in [2.45, 2.75) is 18.8 Å². The lowest BCUT2D eigenvalue weighted by Crippen LogP contribution is -2.33. The number of hydrogen-bond donors (Lipinski definition) is 1. The van der Waals surface area contributed by atoms with Crippen molar-refractivity contribution in [1.82, 2.24) is 9.78 Å². The molecule has 0 saturated heterocycles. The number of aliphatic hydroxyl groups excluding tert-OH is 1. The van der Waals surface area contributed by atoms with Crippen molar-refractivity contribution >= 4 is 33.5 Å². The largest absolute Gasteiger partial charge is 0.416 e. The highest BCUT2D eigenvalue weighted by Gasteiger charge is 2.38. The molecule has 0 radical (unpaired) electrons. The van der Waals surface area contributed by atoms with Crippen LogP contribution in [-0.4, -0.2) is 27.2 Å². The van der Waals surface area contributed by atoms with E-state index in [1.54, 1.807) is 22.6 Å². The fourth-order valence-electron chi connectivity index (χ4n) is 1.52. The molecule has 0 spiro atoms. The molecule has 0 aliphatic heterocycles. The van der Waals surface area contributed by atoms with E-state index in [2.05, 4.69) is 5.10 Å². The van der Waals surface area contributed by atoms with Gasteiger partial charge in [0.25, 0.3) is 0 Å². The van der Waals surface area contributed by atoms with Gasteiger partial charge in [0, 0.05) is 5.39 Å². The highest BCUT2D eigenvalue weighted by Crippen LogP contribution is 2.25. The number of halogens is 5. The zero-order valence-electron chi connectivity index (χ0n) is 8.75. The van der Waals surface area contributed by atoms with Crippen molar-refractivity contribution in [3.8, 4) is 0 Å². The molecule has 0 bridgehead atoms. The van der Waals surface area contributed by atoms with Crippen molar-refractivity contribution in [2.24, 2.45) is 0 Å². The van der Waals surface area contributed by atoms with Gasteiger partial charge in [0.15, 0.2) is 6.10 Å². The van der Waals surface area contributed by atoms with E-state index in [1.165, 1.54) is 12.1 Å². The van der Waals surface area contributed by atoms with Gasteiger partial charge in [-0.15, -0.1) is 0 Å². The second kappa shape index (κ2) is 4.65. The normalized spacial score (nSPS) is 14.1. The summed E-state index contributed by atoms with van der Waals surface area (Å²) in [5.74, 6) is -0.490. The predicted octanol–water partition coefficient (Wildman–Crippen LogP) is 2.70. The van der Waals surface area contributed by atoms with Crippen LogP contribution in [0.1, 0.15) is 0 Å². The van der Waals surface area contributed by atoms with Gasteiger partial charge in [-0.25, -0.2) is 4.39 Å². The number of aromatic nitrogens is 2. The molecule has 8 heteroatoms. The molecule has 1 N–H and O–H groups in total. The lowest BCUT2D eigenvalue weighted by Gasteiger charge is -2.14. The first-order chi connectivity index (χ1) is 8.29. The van der Waals surface area contributed by atoms with E-state index in [0.29, 0.717) is 14.6 Å². The first-order valence-corrected chi connectivity index (χ1v) is 5.93. The van der Waals surface area contributed by atoms with Gasteiger partial charge in [0.1, 0.15) is 9.52 Å². The number of alkyl halides is 3. The summed E-state index contributed by atoms with van der Waals surface area (Å²) in [6.07, 6.45) is -7.20. The lowest BCUT2D eigenvalue weighted by atomic mass is 10.2. The SMILES string of the molecule is OC(Cn1nc(I)c2cc(F)ccc21)C(F)(F)F. The van der Waals surface area contributed by atoms with Crippen LogP contribution in [-0.2, 0) is 6.54 Å². The summed E-state index contributed by atoms with van der Waals surface area (Å²) in [5, 5.41) is 13.3. The molecule has 1 atom stereocenters. The lowest BCUT2D eigenvalue weighted by molar-refractivity contribution is -0.207. The molecule has 0 fully saturated rings. The number of nitrogens with zero attached hydrogens (tertiary/aromatic N) is 2. The minimum absolute atomic E-state index is 0.351. The predicted molar refractivity (Wildman–Crippen MR) is 64.5 cm³/mol. The van der Waals surface area contributed by atoms with E-state index in [9.17, 15) is 17.6 Å². The van der Waals surface area contributed by atoms with Crippen LogP contribution in [0, 0.1) is 9.52 Å². The fraction of sp³-hybridized carbons (Fsp3) is 0.300. The first-order valence-electron chi connectivity index (χ1n) is 4.85. The van der Waals surface area contributed by atoms with Gasteiger partial charge in [-0.05, 0) is 40.8 Å². The topological polar surface area (TPSA) is 38.0 Å². The third-order valence-corrected chi connectivity index (χ3v) is 3.19. The minimum atomic E-state index is -4.70. The molecule has 0 aliphatic carbocycles. The zero-order valence-corrected chi connectivity index (χ0v) is 10.9. The van der Waals surface area contributed by atoms with Crippen molar-refractivity contribution in [3.63, 3.8) is 0 Å². The van der Waals surface area contributed by atoms with Crippen LogP contribution >= 0.6 is 22.6 Å². The molecule has 1 aromatic heterocycles. The monoisotopic (exact) mass is 374 g/mol. The molecular weight excluding hydrogens is 367 g/mol. The zero-order chi connectivity index (χ0) is 13.5. The molecule has 0 amide bonds. The molecule has 1 unspecified atom stereocenters. The van der Waals surface area contributed by atoms with Gasteiger partial charge in [-0.3, -0.25) is 4.68 Å². The standard InChI is InChI=1S/C10H7F4IN2O/c11-5-1-2-7-6(3-5)9(15)16-17(7)4-8(18)10(12,13)14/h1-3,8,18H,4H2. The number of hydrogen-bond acceptors (Lipinski definition) is 2. The van der Waals surface area contributed by atoms with Crippen LogP contribution in [0.5, 0.6) is 0 Å². The molecule has 98 valence electrons. The summed E-state index contributed by atoms with van der Waals surface area (Å²) in [5.41, 5.74) is 0.351. The Hall–Kier alpha value is -0.900. The van der Waals surface area contributed by atoms with E-state index in [4.69, 9.17) is 5.11 Å². The third kappa shape index (κ3) is 2.58. The van der Waals surface area contributed by atoms with Gasteiger partial charge in [0.05, 0.1) is 12.1 Å². The van der Waals surface area contributed by atoms with Gasteiger partial charge < -0.3 is 5.11 Å². The van der Waals surface area contributed by atoms with E-state index >= 15 is 0 Å². The van der Waals surface area contributed by atoms with Gasteiger partial charge in [0.2, 0.25) is 0 Å². The fourth-order valence-corrected chi connectivity index (χ4v) is 2.21. The number of fused-ring (bicyclic) bond motifs is 1. The number of benzene rings is 1. The molecule has 1 heterocycles. The molecule has 2 rings (SSSR count). The van der Waals surface area contributed by atoms with Crippen molar-refractivity contribution in [2.75, 3.05) is 0 Å². The highest BCUT2D eigenvalue weighted by atomic mass is 127. The highest BCUT2D eigenvalue weighted by molar-refractivity contribution is 14.1. The van der Waals surface area contributed by atoms with Crippen LogP contribution in [0.15, 0.2) is 18.2 Å². The van der Waals surface area contributed by atoms with Crippen LogP contribution in [0.25, 0.3) is 10.9 Å². The Labute approximate surface area is 113 Å². The number of aliphatic hydroxyl groups is 1. The second-order valence-corrected chi connectivity index (χ2v) is 4.71. The average Bonchev–Trinajstić information content (AvgIpc) is 2.54. The van der Waals surface area contributed by atoms with Crippen molar-refractivity contribution < 1.29 is 22.7 Å². The van der Waals surface area contributed by atoms with Crippen molar-refractivity contribution in [1.29, 1.82) is 0 Å². The van der Waals surface area contributed by atoms with Crippen LogP contribution < -0.4 is 0 Å². The first kappa shape index (κ1) is 13.5. The summed E-state index contributed by atoms with van der Waals surface area (Å²) in [6, 6.07) is 3.67. The molecule has 18 heavy (non-hydrogen) atoms. The summed E-state index contributed by atoms with van der Waals surface area (Å²) < 4.78 is 51.2. The third-order valence-electron chi connectivity index (χ3n) is 2.39. The Morgan fingerprint density at radius 1 is 1.39 bits per heavy atom. The minimum Gasteiger partial charge on any atom is -0.382 e. The van der Waals surface area contributed by atoms with Crippen LogP contribution in [0.3, 0.4) is 0 Å². The molecule has 0 aliphatic rings. The van der Waals surface area contributed by atoms with E-state index in [1.807, 2.05) is 0 Å². The maximum absolute atomic E-state index is 13.0. The van der Waals surface area contributed by atoms with E-state index < -0.39 is 24.6 Å². The summed E-state index contributed by atoms with van der Waals surface area (Å²) in [6.45, 7) is -0.714. The van der Waals surface area contributed by atoms with E-state index in [-0.39, 0.29) is 0 Å². The molecule has 2 aromatic rings. The Bertz CT molecular complexity index is 581. The maximum atomic E-state index is 13.0. The van der Waals surface area contributed by atoms with Gasteiger partial charge >= 0.3 is 6.18 Å². The van der Waals surface area contributed by atoms with Crippen molar-refractivity contribution in [3.05, 3.63) is 27.7 Å². The van der Waals surface area contributed by atoms with Gasteiger partial charge in [-0.2, -0.15) is 18.3 Å². The maximum Gasteiger partial charge on any atom is 0.416 e. The Kier molecular flexibility index (Phi) is 3.49. The second-order valence-electron chi connectivity index (χ2n) is 3.69. The quantitative estimate of drug-likeness (QED) is 0.649. The average molecular weight is 374 g/mol. The van der Waals surface area contributed by atoms with Crippen LogP contribution in [0.2, 0.25) is 0 Å². The molecule has 3 nitrogen and oxygen atoms in total. The Balaban J connectivity index is 2.41.